The number of nitrogens with zero attached hydrogens (tertiary/aromatic N) is 1. The van der Waals surface area contributed by atoms with E-state index in [0.717, 1.165) is 17.7 Å². The molecule has 22 heavy (non-hydrogen) atoms. The highest BCUT2D eigenvalue weighted by Gasteiger charge is 2.17. The average molecular weight is 318 g/mol. The normalized spacial score (nSPS) is 10.5. The molecule has 0 bridgehead atoms. The van der Waals surface area contributed by atoms with Crippen LogP contribution in [0.5, 0.6) is 0 Å². The predicted octanol–water partition coefficient (Wildman–Crippen LogP) is 4.48. The van der Waals surface area contributed by atoms with Crippen molar-refractivity contribution in [1.29, 1.82) is 0 Å². The molecule has 0 atom stereocenters. The van der Waals surface area contributed by atoms with Crippen LogP contribution in [0.2, 0.25) is 0 Å². The number of carbonyl (C=O) groups is 1. The molecule has 1 aromatic carbocycles. The third kappa shape index (κ3) is 3.33. The van der Waals surface area contributed by atoms with Gasteiger partial charge in [-0.25, -0.2) is 0 Å². The number of nitro benzene ring substituents is 1. The number of nitro groups is 1. The van der Waals surface area contributed by atoms with Gasteiger partial charge in [0.15, 0.2) is 0 Å². The highest BCUT2D eigenvalue weighted by molar-refractivity contribution is 7.14. The van der Waals surface area contributed by atoms with Gasteiger partial charge in [0.05, 0.1) is 21.1 Å². The van der Waals surface area contributed by atoms with Crippen molar-refractivity contribution >= 4 is 28.6 Å². The number of amides is 1. The number of hydrogen-bond acceptors (Lipinski definition) is 4. The smallest absolute Gasteiger partial charge is 0.274 e. The summed E-state index contributed by atoms with van der Waals surface area (Å²) in [7, 11) is 0. The third-order valence-corrected chi connectivity index (χ3v) is 4.61. The van der Waals surface area contributed by atoms with E-state index in [1.54, 1.807) is 19.1 Å². The largest absolute Gasteiger partial charge is 0.321 e. The first-order valence-electron chi connectivity index (χ1n) is 7.08. The monoisotopic (exact) mass is 318 g/mol. The summed E-state index contributed by atoms with van der Waals surface area (Å²) in [5.74, 6) is -0.223. The van der Waals surface area contributed by atoms with Crippen LogP contribution in [0.1, 0.15) is 39.0 Å². The number of thiophene rings is 1. The second-order valence-electron chi connectivity index (χ2n) is 5.10. The van der Waals surface area contributed by atoms with Crippen molar-refractivity contribution in [3.63, 3.8) is 0 Å². The fourth-order valence-corrected chi connectivity index (χ4v) is 3.26. The molecule has 1 amide bonds. The zero-order valence-electron chi connectivity index (χ0n) is 12.8. The molecule has 5 nitrogen and oxygen atoms in total. The first kappa shape index (κ1) is 16.2. The van der Waals surface area contributed by atoms with Gasteiger partial charge in [-0.2, -0.15) is 0 Å². The van der Waals surface area contributed by atoms with E-state index >= 15 is 0 Å². The van der Waals surface area contributed by atoms with Crippen molar-refractivity contribution in [3.05, 3.63) is 55.3 Å². The second-order valence-corrected chi connectivity index (χ2v) is 6.36. The Morgan fingerprint density at radius 1 is 1.36 bits per heavy atom. The third-order valence-electron chi connectivity index (χ3n) is 3.51. The Kier molecular flexibility index (Phi) is 4.92. The Morgan fingerprint density at radius 2 is 2.09 bits per heavy atom. The lowest BCUT2D eigenvalue weighted by Gasteiger charge is -2.07. The average Bonchev–Trinajstić information content (AvgIpc) is 2.83. The van der Waals surface area contributed by atoms with Crippen molar-refractivity contribution in [1.82, 2.24) is 0 Å². The van der Waals surface area contributed by atoms with Gasteiger partial charge in [0, 0.05) is 10.9 Å². The molecule has 1 N–H and O–H groups in total. The number of nitrogens with one attached hydrogen (secondary N) is 1. The molecule has 6 heteroatoms. The molecule has 0 saturated heterocycles. The second kappa shape index (κ2) is 6.70. The lowest BCUT2D eigenvalue weighted by molar-refractivity contribution is -0.385. The molecule has 0 aliphatic rings. The van der Waals surface area contributed by atoms with E-state index in [1.165, 1.54) is 23.0 Å². The maximum atomic E-state index is 12.3. The SMILES string of the molecule is CCCc1cc(C(=O)Nc2cccc([N+](=O)[O-])c2C)sc1C. The molecular weight excluding hydrogens is 300 g/mol. The van der Waals surface area contributed by atoms with Crippen molar-refractivity contribution in [3.8, 4) is 0 Å². The highest BCUT2D eigenvalue weighted by Crippen LogP contribution is 2.27. The summed E-state index contributed by atoms with van der Waals surface area (Å²) in [4.78, 5) is 24.6. The number of hydrogen-bond donors (Lipinski definition) is 1. The van der Waals surface area contributed by atoms with Crippen LogP contribution in [-0.4, -0.2) is 10.8 Å². The number of rotatable bonds is 5. The molecule has 0 fully saturated rings. The number of anilines is 1. The highest BCUT2D eigenvalue weighted by atomic mass is 32.1. The molecule has 0 unspecified atom stereocenters. The maximum Gasteiger partial charge on any atom is 0.274 e. The van der Waals surface area contributed by atoms with Crippen molar-refractivity contribution in [2.24, 2.45) is 0 Å². The molecule has 1 aromatic heterocycles. The van der Waals surface area contributed by atoms with Gasteiger partial charge < -0.3 is 5.32 Å². The van der Waals surface area contributed by atoms with Crippen LogP contribution in [0.4, 0.5) is 11.4 Å². The minimum Gasteiger partial charge on any atom is -0.321 e. The van der Waals surface area contributed by atoms with E-state index in [-0.39, 0.29) is 11.6 Å². The van der Waals surface area contributed by atoms with E-state index in [1.807, 2.05) is 13.0 Å². The number of aryl methyl sites for hydroxylation is 2. The molecule has 116 valence electrons. The van der Waals surface area contributed by atoms with Crippen molar-refractivity contribution < 1.29 is 9.72 Å². The van der Waals surface area contributed by atoms with Gasteiger partial charge in [-0.05, 0) is 38.0 Å². The minimum absolute atomic E-state index is 0.00633. The van der Waals surface area contributed by atoms with Gasteiger partial charge in [0.1, 0.15) is 0 Å². The van der Waals surface area contributed by atoms with Crippen LogP contribution in [0.25, 0.3) is 0 Å². The predicted molar refractivity (Wildman–Crippen MR) is 88.8 cm³/mol. The fourth-order valence-electron chi connectivity index (χ4n) is 2.29. The van der Waals surface area contributed by atoms with E-state index in [0.29, 0.717) is 16.1 Å². The molecule has 0 saturated carbocycles. The summed E-state index contributed by atoms with van der Waals surface area (Å²) < 4.78 is 0. The quantitative estimate of drug-likeness (QED) is 0.652. The van der Waals surface area contributed by atoms with Crippen molar-refractivity contribution in [2.75, 3.05) is 5.32 Å². The lowest BCUT2D eigenvalue weighted by Crippen LogP contribution is -2.11. The van der Waals surface area contributed by atoms with Crippen molar-refractivity contribution in [2.45, 2.75) is 33.6 Å². The number of carbonyl (C=O) groups excluding carboxylic acids is 1. The number of benzene rings is 1. The summed E-state index contributed by atoms with van der Waals surface area (Å²) in [5, 5.41) is 13.7. The molecule has 0 spiro atoms. The van der Waals surface area contributed by atoms with E-state index in [4.69, 9.17) is 0 Å². The minimum atomic E-state index is -0.445. The summed E-state index contributed by atoms with van der Waals surface area (Å²) in [6, 6.07) is 6.59. The van der Waals surface area contributed by atoms with Crippen LogP contribution in [0, 0.1) is 24.0 Å². The topological polar surface area (TPSA) is 72.2 Å². The van der Waals surface area contributed by atoms with E-state index < -0.39 is 4.92 Å². The lowest BCUT2D eigenvalue weighted by atomic mass is 10.1. The Balaban J connectivity index is 2.24. The van der Waals surface area contributed by atoms with Gasteiger partial charge in [0.25, 0.3) is 11.6 Å². The fraction of sp³-hybridized carbons (Fsp3) is 0.312. The van der Waals surface area contributed by atoms with Crippen LogP contribution in [0.15, 0.2) is 24.3 Å². The summed E-state index contributed by atoms with van der Waals surface area (Å²) in [6.45, 7) is 5.74. The van der Waals surface area contributed by atoms with E-state index in [2.05, 4.69) is 12.2 Å². The van der Waals surface area contributed by atoms with Gasteiger partial charge >= 0.3 is 0 Å². The van der Waals surface area contributed by atoms with Gasteiger partial charge in [-0.3, -0.25) is 14.9 Å². The zero-order chi connectivity index (χ0) is 16.3. The molecule has 1 heterocycles. The molecule has 0 aliphatic heterocycles. The van der Waals surface area contributed by atoms with Gasteiger partial charge in [-0.1, -0.05) is 19.4 Å². The van der Waals surface area contributed by atoms with Crippen LogP contribution in [-0.2, 0) is 6.42 Å². The molecule has 0 radical (unpaired) electrons. The zero-order valence-corrected chi connectivity index (χ0v) is 13.6. The molecular formula is C16H18N2O3S. The Labute approximate surface area is 133 Å². The molecule has 0 aliphatic carbocycles. The van der Waals surface area contributed by atoms with Crippen LogP contribution >= 0.6 is 11.3 Å². The molecule has 2 aromatic rings. The van der Waals surface area contributed by atoms with Gasteiger partial charge in [0.2, 0.25) is 0 Å². The summed E-state index contributed by atoms with van der Waals surface area (Å²) in [6.07, 6.45) is 1.98. The van der Waals surface area contributed by atoms with E-state index in [9.17, 15) is 14.9 Å². The Morgan fingerprint density at radius 3 is 2.73 bits per heavy atom. The summed E-state index contributed by atoms with van der Waals surface area (Å²) >= 11 is 1.45. The van der Waals surface area contributed by atoms with Crippen LogP contribution in [0.3, 0.4) is 0 Å². The Bertz CT molecular complexity index is 722. The Hall–Kier alpha value is -2.21. The van der Waals surface area contributed by atoms with Crippen LogP contribution < -0.4 is 5.32 Å². The summed E-state index contributed by atoms with van der Waals surface area (Å²) in [5.41, 5.74) is 2.13. The first-order valence-corrected chi connectivity index (χ1v) is 7.90. The molecule has 2 rings (SSSR count). The van der Waals surface area contributed by atoms with Gasteiger partial charge in [-0.15, -0.1) is 11.3 Å². The maximum absolute atomic E-state index is 12.3. The standard InChI is InChI=1S/C16H18N2O3S/c1-4-6-12-9-15(22-11(12)3)16(19)17-13-7-5-8-14(10(13)2)18(20)21/h5,7-9H,4,6H2,1-3H3,(H,17,19). The first-order chi connectivity index (χ1) is 10.4.